The van der Waals surface area contributed by atoms with Crippen LogP contribution in [0.15, 0.2) is 40.6 Å². The molecule has 1 atom stereocenters. The molecular weight excluding hydrogens is 300 g/mol. The van der Waals surface area contributed by atoms with Gasteiger partial charge in [-0.05, 0) is 38.0 Å². The molecule has 0 saturated heterocycles. The van der Waals surface area contributed by atoms with Gasteiger partial charge in [0.25, 0.3) is 0 Å². The molecule has 0 N–H and O–H groups in total. The smallest absolute Gasteiger partial charge is 0.336 e. The second-order valence-electron chi connectivity index (χ2n) is 5.18. The van der Waals surface area contributed by atoms with Crippen molar-refractivity contribution in [2.24, 2.45) is 5.10 Å². The van der Waals surface area contributed by atoms with Crippen molar-refractivity contribution in [1.82, 2.24) is 5.01 Å². The normalized spacial score (nSPS) is 18.3. The van der Waals surface area contributed by atoms with Crippen molar-refractivity contribution in [2.75, 3.05) is 13.7 Å². The number of carbonyl (C=O) groups excluding carboxylic acids is 1. The first kappa shape index (κ1) is 16.6. The maximum Gasteiger partial charge on any atom is 0.336 e. The van der Waals surface area contributed by atoms with Crippen molar-refractivity contribution in [3.05, 3.63) is 46.1 Å². The Morgan fingerprint density at radius 3 is 2.73 bits per heavy atom. The third-order valence-electron chi connectivity index (χ3n) is 3.82. The number of rotatable bonds is 4. The highest BCUT2D eigenvalue weighted by Crippen LogP contribution is 2.35. The van der Waals surface area contributed by atoms with Gasteiger partial charge in [0.1, 0.15) is 0 Å². The van der Waals surface area contributed by atoms with E-state index in [0.717, 1.165) is 23.4 Å². The lowest BCUT2D eigenvalue weighted by Crippen LogP contribution is -2.31. The number of ether oxygens (including phenoxy) is 1. The van der Waals surface area contributed by atoms with Gasteiger partial charge in [0, 0.05) is 17.8 Å². The molecule has 1 unspecified atom stereocenters. The van der Waals surface area contributed by atoms with Crippen LogP contribution in [-0.2, 0) is 9.53 Å². The van der Waals surface area contributed by atoms with E-state index in [1.165, 1.54) is 0 Å². The van der Waals surface area contributed by atoms with Crippen molar-refractivity contribution >= 4 is 23.3 Å². The molecule has 118 valence electrons. The molecule has 0 radical (unpaired) electrons. The molecule has 1 aliphatic rings. The zero-order valence-electron chi connectivity index (χ0n) is 13.4. The van der Waals surface area contributed by atoms with Crippen LogP contribution in [0.25, 0.3) is 0 Å². The SMILES string of the molecule is CCOC(=O)C1=C(C)N(C)N=C(CC)C1c1cccc(Cl)c1. The van der Waals surface area contributed by atoms with Crippen LogP contribution in [0.1, 0.15) is 38.7 Å². The average molecular weight is 321 g/mol. The molecule has 1 aliphatic heterocycles. The Bertz CT molecular complexity index is 637. The van der Waals surface area contributed by atoms with Crippen LogP contribution >= 0.6 is 11.6 Å². The van der Waals surface area contributed by atoms with Crippen LogP contribution in [0.4, 0.5) is 0 Å². The quantitative estimate of drug-likeness (QED) is 0.788. The molecule has 1 heterocycles. The summed E-state index contributed by atoms with van der Waals surface area (Å²) in [6.07, 6.45) is 0.748. The third kappa shape index (κ3) is 3.17. The summed E-state index contributed by atoms with van der Waals surface area (Å²) in [5.74, 6) is -0.503. The second-order valence-corrected chi connectivity index (χ2v) is 5.61. The van der Waals surface area contributed by atoms with Crippen molar-refractivity contribution in [1.29, 1.82) is 0 Å². The highest BCUT2D eigenvalue weighted by Gasteiger charge is 2.34. The number of benzene rings is 1. The molecule has 22 heavy (non-hydrogen) atoms. The van der Waals surface area contributed by atoms with E-state index in [9.17, 15) is 4.79 Å². The molecular formula is C17H21ClN2O2. The number of hydrogen-bond donors (Lipinski definition) is 0. The first-order valence-corrected chi connectivity index (χ1v) is 7.81. The van der Waals surface area contributed by atoms with Gasteiger partial charge in [0.15, 0.2) is 0 Å². The fourth-order valence-corrected chi connectivity index (χ4v) is 2.87. The van der Waals surface area contributed by atoms with Crippen LogP contribution < -0.4 is 0 Å². The number of hydrogen-bond acceptors (Lipinski definition) is 4. The molecule has 4 nitrogen and oxygen atoms in total. The van der Waals surface area contributed by atoms with Crippen LogP contribution in [0, 0.1) is 0 Å². The summed E-state index contributed by atoms with van der Waals surface area (Å²) in [5, 5.41) is 6.99. The molecule has 0 bridgehead atoms. The molecule has 0 saturated carbocycles. The lowest BCUT2D eigenvalue weighted by atomic mass is 9.83. The second kappa shape index (κ2) is 6.97. The summed E-state index contributed by atoms with van der Waals surface area (Å²) < 4.78 is 5.26. The number of allylic oxidation sites excluding steroid dienone is 1. The Morgan fingerprint density at radius 1 is 1.41 bits per heavy atom. The van der Waals surface area contributed by atoms with Crippen molar-refractivity contribution in [3.63, 3.8) is 0 Å². The van der Waals surface area contributed by atoms with E-state index in [1.54, 1.807) is 5.01 Å². The molecule has 0 amide bonds. The Kier molecular flexibility index (Phi) is 5.24. The van der Waals surface area contributed by atoms with Gasteiger partial charge in [0.2, 0.25) is 0 Å². The standard InChI is InChI=1S/C17H21ClN2O2/c1-5-14-16(12-8-7-9-13(18)10-12)15(17(21)22-6-2)11(3)20(4)19-14/h7-10,16H,5-6H2,1-4H3. The average Bonchev–Trinajstić information content (AvgIpc) is 2.49. The summed E-state index contributed by atoms with van der Waals surface area (Å²) in [6, 6.07) is 7.57. The minimum atomic E-state index is -0.294. The van der Waals surface area contributed by atoms with E-state index >= 15 is 0 Å². The van der Waals surface area contributed by atoms with Crippen LogP contribution in [0.3, 0.4) is 0 Å². The molecule has 1 aromatic rings. The van der Waals surface area contributed by atoms with Crippen molar-refractivity contribution in [3.8, 4) is 0 Å². The van der Waals surface area contributed by atoms with Gasteiger partial charge in [-0.3, -0.25) is 5.01 Å². The Morgan fingerprint density at radius 2 is 2.14 bits per heavy atom. The van der Waals surface area contributed by atoms with Gasteiger partial charge in [-0.25, -0.2) is 4.79 Å². The molecule has 2 rings (SSSR count). The van der Waals surface area contributed by atoms with Crippen molar-refractivity contribution in [2.45, 2.75) is 33.1 Å². The van der Waals surface area contributed by atoms with E-state index < -0.39 is 0 Å². The summed E-state index contributed by atoms with van der Waals surface area (Å²) in [5.41, 5.74) is 3.33. The van der Waals surface area contributed by atoms with Crippen LogP contribution in [-0.4, -0.2) is 30.3 Å². The van der Waals surface area contributed by atoms with E-state index in [4.69, 9.17) is 16.3 Å². The van der Waals surface area contributed by atoms with Gasteiger partial charge in [0.05, 0.1) is 23.8 Å². The molecule has 5 heteroatoms. The predicted octanol–water partition coefficient (Wildman–Crippen LogP) is 3.97. The first-order chi connectivity index (χ1) is 10.5. The number of hydrazone groups is 1. The summed E-state index contributed by atoms with van der Waals surface area (Å²) in [4.78, 5) is 12.5. The summed E-state index contributed by atoms with van der Waals surface area (Å²) in [7, 11) is 1.85. The fourth-order valence-electron chi connectivity index (χ4n) is 2.67. The topological polar surface area (TPSA) is 41.9 Å². The largest absolute Gasteiger partial charge is 0.463 e. The highest BCUT2D eigenvalue weighted by atomic mass is 35.5. The van der Waals surface area contributed by atoms with Crippen LogP contribution in [0.2, 0.25) is 5.02 Å². The number of esters is 1. The molecule has 0 aliphatic carbocycles. The minimum Gasteiger partial charge on any atom is -0.463 e. The van der Waals surface area contributed by atoms with E-state index in [2.05, 4.69) is 5.10 Å². The number of halogens is 1. The van der Waals surface area contributed by atoms with Gasteiger partial charge in [-0.15, -0.1) is 0 Å². The lowest BCUT2D eigenvalue weighted by Gasteiger charge is -2.31. The van der Waals surface area contributed by atoms with Crippen LogP contribution in [0.5, 0.6) is 0 Å². The van der Waals surface area contributed by atoms with E-state index in [0.29, 0.717) is 17.2 Å². The Labute approximate surface area is 136 Å². The Hall–Kier alpha value is -1.81. The zero-order valence-corrected chi connectivity index (χ0v) is 14.1. The molecule has 0 spiro atoms. The summed E-state index contributed by atoms with van der Waals surface area (Å²) in [6.45, 7) is 6.08. The molecule has 0 aromatic heterocycles. The predicted molar refractivity (Wildman–Crippen MR) is 89.0 cm³/mol. The first-order valence-electron chi connectivity index (χ1n) is 7.44. The van der Waals surface area contributed by atoms with Gasteiger partial charge >= 0.3 is 5.97 Å². The number of carbonyl (C=O) groups is 1. The van der Waals surface area contributed by atoms with Gasteiger partial charge in [-0.1, -0.05) is 30.7 Å². The minimum absolute atomic E-state index is 0.209. The maximum atomic E-state index is 12.5. The van der Waals surface area contributed by atoms with Gasteiger partial charge in [-0.2, -0.15) is 5.10 Å². The Balaban J connectivity index is 2.57. The number of nitrogens with zero attached hydrogens (tertiary/aromatic N) is 2. The van der Waals surface area contributed by atoms with E-state index in [-0.39, 0.29) is 11.9 Å². The fraction of sp³-hybridized carbons (Fsp3) is 0.412. The monoisotopic (exact) mass is 320 g/mol. The van der Waals surface area contributed by atoms with E-state index in [1.807, 2.05) is 52.1 Å². The third-order valence-corrected chi connectivity index (χ3v) is 4.05. The maximum absolute atomic E-state index is 12.5. The summed E-state index contributed by atoms with van der Waals surface area (Å²) >= 11 is 6.13. The highest BCUT2D eigenvalue weighted by molar-refractivity contribution is 6.30. The van der Waals surface area contributed by atoms with Gasteiger partial charge < -0.3 is 4.74 Å². The zero-order chi connectivity index (χ0) is 16.3. The lowest BCUT2D eigenvalue weighted by molar-refractivity contribution is -0.138. The van der Waals surface area contributed by atoms with Crippen molar-refractivity contribution < 1.29 is 9.53 Å². The molecule has 0 fully saturated rings. The molecule has 1 aromatic carbocycles.